The second-order valence-electron chi connectivity index (χ2n) is 2.15. The molecule has 2 heterocycles. The molecule has 0 aromatic carbocycles. The molecule has 1 fully saturated rings. The number of hydrogen-bond acceptors (Lipinski definition) is 3. The topological polar surface area (TPSA) is 47.7 Å². The summed E-state index contributed by atoms with van der Waals surface area (Å²) in [4.78, 5) is 17.3. The van der Waals surface area contributed by atoms with Crippen molar-refractivity contribution in [1.29, 1.82) is 0 Å². The molecule has 0 unspecified atom stereocenters. The van der Waals surface area contributed by atoms with Gasteiger partial charge in [-0.25, -0.2) is 4.90 Å². The van der Waals surface area contributed by atoms with Crippen LogP contribution in [0.1, 0.15) is 0 Å². The molecule has 0 aromatic heterocycles. The number of nitrogens with zero attached hydrogens (tertiary/aromatic N) is 3. The zero-order chi connectivity index (χ0) is 6.97. The van der Waals surface area contributed by atoms with Gasteiger partial charge in [0, 0.05) is 6.21 Å². The first-order valence-electron chi connectivity index (χ1n) is 3.05. The standard InChI is InChI=1S/C5H7N4O/c10-9-5-3-6-1-2-8(5)4-7-9/h1,3H,2,4H2,(H,7,10)/q+1. The minimum Gasteiger partial charge on any atom is -0.256 e. The van der Waals surface area contributed by atoms with Crippen molar-refractivity contribution in [1.82, 2.24) is 10.3 Å². The third-order valence-electron chi connectivity index (χ3n) is 1.53. The first-order chi connectivity index (χ1) is 4.88. The second-order valence-corrected chi connectivity index (χ2v) is 2.15. The third-order valence-corrected chi connectivity index (χ3v) is 1.53. The molecule has 2 aliphatic rings. The minimum absolute atomic E-state index is 0.585. The molecule has 1 saturated heterocycles. The highest BCUT2D eigenvalue weighted by Gasteiger charge is 2.33. The Labute approximate surface area is 57.6 Å². The first kappa shape index (κ1) is 5.40. The lowest BCUT2D eigenvalue weighted by Crippen LogP contribution is -2.24. The van der Waals surface area contributed by atoms with E-state index in [-0.39, 0.29) is 0 Å². The number of fused-ring (bicyclic) bond motifs is 1. The van der Waals surface area contributed by atoms with E-state index in [0.29, 0.717) is 12.5 Å². The summed E-state index contributed by atoms with van der Waals surface area (Å²) in [6, 6.07) is 0. The highest BCUT2D eigenvalue weighted by molar-refractivity contribution is 5.62. The van der Waals surface area contributed by atoms with Gasteiger partial charge in [-0.2, -0.15) is 5.43 Å². The van der Waals surface area contributed by atoms with Crippen molar-refractivity contribution in [3.05, 3.63) is 16.9 Å². The van der Waals surface area contributed by atoms with E-state index in [1.807, 2.05) is 4.90 Å². The van der Waals surface area contributed by atoms with E-state index in [1.54, 1.807) is 12.4 Å². The molecule has 1 N–H and O–H groups in total. The van der Waals surface area contributed by atoms with E-state index in [9.17, 15) is 4.91 Å². The van der Waals surface area contributed by atoms with E-state index in [0.717, 1.165) is 11.4 Å². The third kappa shape index (κ3) is 0.601. The van der Waals surface area contributed by atoms with Crippen LogP contribution >= 0.6 is 0 Å². The maximum atomic E-state index is 10.8. The van der Waals surface area contributed by atoms with Gasteiger partial charge in [-0.1, -0.05) is 0 Å². The van der Waals surface area contributed by atoms with E-state index < -0.39 is 0 Å². The number of hydrazine groups is 1. The molecule has 0 amide bonds. The molecule has 0 aromatic rings. The van der Waals surface area contributed by atoms with E-state index in [2.05, 4.69) is 10.4 Å². The lowest BCUT2D eigenvalue weighted by Gasteiger charge is -2.05. The molecule has 0 radical (unpaired) electrons. The fourth-order valence-electron chi connectivity index (χ4n) is 0.997. The van der Waals surface area contributed by atoms with Gasteiger partial charge in [0.05, 0.1) is 4.87 Å². The van der Waals surface area contributed by atoms with Gasteiger partial charge in [0.1, 0.15) is 12.7 Å². The quantitative estimate of drug-likeness (QED) is 0.457. The van der Waals surface area contributed by atoms with Crippen molar-refractivity contribution in [3.8, 4) is 0 Å². The van der Waals surface area contributed by atoms with Crippen molar-refractivity contribution >= 4 is 6.21 Å². The van der Waals surface area contributed by atoms with Crippen molar-refractivity contribution < 1.29 is 4.87 Å². The molecular weight excluding hydrogens is 132 g/mol. The zero-order valence-electron chi connectivity index (χ0n) is 5.32. The maximum Gasteiger partial charge on any atom is 0.363 e. The first-order valence-corrected chi connectivity index (χ1v) is 3.05. The van der Waals surface area contributed by atoms with Crippen LogP contribution in [-0.4, -0.2) is 29.2 Å². The van der Waals surface area contributed by atoms with Gasteiger partial charge in [0.15, 0.2) is 6.67 Å². The highest BCUT2D eigenvalue weighted by atomic mass is 16.3. The van der Waals surface area contributed by atoms with Gasteiger partial charge < -0.3 is 0 Å². The predicted octanol–water partition coefficient (Wildman–Crippen LogP) is -0.574. The predicted molar refractivity (Wildman–Crippen MR) is 34.9 cm³/mol. The number of aliphatic imine (C=N–C) groups is 1. The molecule has 2 rings (SSSR count). The molecule has 0 bridgehead atoms. The largest absolute Gasteiger partial charge is 0.363 e. The smallest absolute Gasteiger partial charge is 0.256 e. The Morgan fingerprint density at radius 1 is 1.80 bits per heavy atom. The van der Waals surface area contributed by atoms with Crippen LogP contribution in [0.5, 0.6) is 0 Å². The molecule has 0 aliphatic carbocycles. The number of nitrogens with one attached hydrogen (secondary N) is 1. The van der Waals surface area contributed by atoms with Crippen LogP contribution in [0.4, 0.5) is 0 Å². The minimum atomic E-state index is 0.585. The van der Waals surface area contributed by atoms with Gasteiger partial charge in [-0.05, 0) is 4.91 Å². The number of hydrogen-bond donors (Lipinski definition) is 1. The van der Waals surface area contributed by atoms with Crippen LogP contribution in [0.15, 0.2) is 17.0 Å². The summed E-state index contributed by atoms with van der Waals surface area (Å²) in [5, 5.41) is 0. The summed E-state index contributed by atoms with van der Waals surface area (Å²) < 4.78 is 0. The van der Waals surface area contributed by atoms with Crippen molar-refractivity contribution in [3.63, 3.8) is 0 Å². The summed E-state index contributed by atoms with van der Waals surface area (Å²) in [5.74, 6) is 0.600. The average molecular weight is 139 g/mol. The molecule has 2 aliphatic heterocycles. The Morgan fingerprint density at radius 3 is 3.50 bits per heavy atom. The molecule has 5 nitrogen and oxygen atoms in total. The molecule has 5 heteroatoms. The lowest BCUT2D eigenvalue weighted by atomic mass is 10.5. The summed E-state index contributed by atoms with van der Waals surface area (Å²) in [7, 11) is 0. The molecule has 10 heavy (non-hydrogen) atoms. The molecule has 0 saturated carbocycles. The Kier molecular flexibility index (Phi) is 0.969. The van der Waals surface area contributed by atoms with Crippen molar-refractivity contribution in [2.24, 2.45) is 4.99 Å². The number of rotatable bonds is 0. The van der Waals surface area contributed by atoms with Gasteiger partial charge in [-0.3, -0.25) is 4.99 Å². The summed E-state index contributed by atoms with van der Waals surface area (Å²) in [6.45, 7) is 1.30. The fourth-order valence-corrected chi connectivity index (χ4v) is 0.997. The fraction of sp³-hybridized carbons (Fsp3) is 0.400. The highest BCUT2D eigenvalue weighted by Crippen LogP contribution is 2.10. The Hall–Kier alpha value is -1.39. The van der Waals surface area contributed by atoms with E-state index in [1.165, 1.54) is 0 Å². The average Bonchev–Trinajstić information content (AvgIpc) is 2.34. The van der Waals surface area contributed by atoms with Crippen LogP contribution in [0.25, 0.3) is 0 Å². The molecule has 52 valence electrons. The van der Waals surface area contributed by atoms with Crippen LogP contribution in [-0.2, 0) is 0 Å². The zero-order valence-corrected chi connectivity index (χ0v) is 5.32. The van der Waals surface area contributed by atoms with Crippen LogP contribution < -0.4 is 5.43 Å². The maximum absolute atomic E-state index is 10.8. The summed E-state index contributed by atoms with van der Waals surface area (Å²) in [5.41, 5.74) is 2.62. The molecule has 0 spiro atoms. The normalized spacial score (nSPS) is 22.2. The Balaban J connectivity index is 2.33. The van der Waals surface area contributed by atoms with E-state index >= 15 is 0 Å². The molecular formula is C5H7N4O+. The van der Waals surface area contributed by atoms with Crippen LogP contribution in [0, 0.1) is 4.91 Å². The van der Waals surface area contributed by atoms with Crippen molar-refractivity contribution in [2.75, 3.05) is 13.2 Å². The van der Waals surface area contributed by atoms with Gasteiger partial charge in [0.2, 0.25) is 0 Å². The number of nitroso groups, excluding NO2 is 1. The van der Waals surface area contributed by atoms with Crippen molar-refractivity contribution in [2.45, 2.75) is 0 Å². The Morgan fingerprint density at radius 2 is 2.70 bits per heavy atom. The van der Waals surface area contributed by atoms with Gasteiger partial charge in [-0.15, -0.1) is 0 Å². The van der Waals surface area contributed by atoms with Crippen LogP contribution in [0.3, 0.4) is 0 Å². The second kappa shape index (κ2) is 1.80. The summed E-state index contributed by atoms with van der Waals surface area (Å²) >= 11 is 0. The Bertz CT molecular complexity index is 232. The molecule has 0 atom stereocenters. The monoisotopic (exact) mass is 139 g/mol. The SMILES string of the molecule is O=[N+]1NCN2CC=NC=C21. The van der Waals surface area contributed by atoms with Gasteiger partial charge >= 0.3 is 5.82 Å². The summed E-state index contributed by atoms with van der Waals surface area (Å²) in [6.07, 6.45) is 3.32. The van der Waals surface area contributed by atoms with Gasteiger partial charge in [0.25, 0.3) is 0 Å². The van der Waals surface area contributed by atoms with Crippen LogP contribution in [0.2, 0.25) is 0 Å². The van der Waals surface area contributed by atoms with E-state index in [4.69, 9.17) is 0 Å². The lowest BCUT2D eigenvalue weighted by molar-refractivity contribution is -0.547.